The zero-order valence-electron chi connectivity index (χ0n) is 20.7. The number of amides is 2. The van der Waals surface area contributed by atoms with Crippen LogP contribution in [0, 0.1) is 23.2 Å². The summed E-state index contributed by atoms with van der Waals surface area (Å²) in [6.45, 7) is 9.72. The van der Waals surface area contributed by atoms with Crippen LogP contribution in [0.15, 0.2) is 36.4 Å². The van der Waals surface area contributed by atoms with Crippen LogP contribution in [0.2, 0.25) is 0 Å². The Morgan fingerprint density at radius 3 is 2.21 bits per heavy atom. The minimum Gasteiger partial charge on any atom is -0.372 e. The molecule has 2 aliphatic rings. The van der Waals surface area contributed by atoms with Crippen LogP contribution in [0.1, 0.15) is 70.7 Å². The fraction of sp³-hybridized carbons (Fsp3) is 0.370. The van der Waals surface area contributed by atoms with E-state index < -0.39 is 0 Å². The van der Waals surface area contributed by atoms with Crippen LogP contribution in [0.3, 0.4) is 0 Å². The van der Waals surface area contributed by atoms with E-state index in [1.807, 2.05) is 64.1 Å². The molecule has 0 saturated heterocycles. The number of carbonyl (C=O) groups excluding carboxylic acids is 2. The molecule has 0 atom stereocenters. The van der Waals surface area contributed by atoms with Crippen LogP contribution in [-0.4, -0.2) is 49.4 Å². The minimum absolute atomic E-state index is 0.0489. The quantitative estimate of drug-likeness (QED) is 0.605. The van der Waals surface area contributed by atoms with Gasteiger partial charge in [-0.3, -0.25) is 9.59 Å². The first-order valence-corrected chi connectivity index (χ1v) is 11.1. The summed E-state index contributed by atoms with van der Waals surface area (Å²) in [5.74, 6) is 5.93. The van der Waals surface area contributed by atoms with Gasteiger partial charge < -0.3 is 14.5 Å². The fourth-order valence-corrected chi connectivity index (χ4v) is 3.35. The van der Waals surface area contributed by atoms with Crippen molar-refractivity contribution in [1.82, 2.24) is 9.80 Å². The van der Waals surface area contributed by atoms with E-state index in [2.05, 4.69) is 11.8 Å². The lowest BCUT2D eigenvalue weighted by Crippen LogP contribution is -2.18. The van der Waals surface area contributed by atoms with Crippen LogP contribution in [-0.2, 0) is 17.8 Å². The average molecular weight is 448 g/mol. The highest BCUT2D eigenvalue weighted by molar-refractivity contribution is 6.00. The Morgan fingerprint density at radius 2 is 1.58 bits per heavy atom. The first kappa shape index (κ1) is 27.4. The van der Waals surface area contributed by atoms with Crippen molar-refractivity contribution in [2.45, 2.75) is 40.8 Å². The zero-order chi connectivity index (χ0) is 25.0. The normalized spacial score (nSPS) is 12.4. The fourth-order valence-electron chi connectivity index (χ4n) is 3.35. The van der Waals surface area contributed by atoms with E-state index >= 15 is 0 Å². The van der Waals surface area contributed by atoms with E-state index in [1.165, 1.54) is 0 Å². The third-order valence-corrected chi connectivity index (χ3v) is 4.78. The van der Waals surface area contributed by atoms with E-state index in [4.69, 9.17) is 10.00 Å². The molecule has 2 aromatic carbocycles. The maximum Gasteiger partial charge on any atom is 0.255 e. The molecule has 6 nitrogen and oxygen atoms in total. The summed E-state index contributed by atoms with van der Waals surface area (Å²) < 4.78 is 4.85. The van der Waals surface area contributed by atoms with Gasteiger partial charge in [0.15, 0.2) is 0 Å². The van der Waals surface area contributed by atoms with E-state index in [1.54, 1.807) is 37.1 Å². The largest absolute Gasteiger partial charge is 0.372 e. The second-order valence-electron chi connectivity index (χ2n) is 6.88. The highest BCUT2D eigenvalue weighted by Crippen LogP contribution is 2.24. The van der Waals surface area contributed by atoms with Crippen molar-refractivity contribution in [1.29, 1.82) is 5.26 Å². The van der Waals surface area contributed by atoms with Gasteiger partial charge in [0.1, 0.15) is 6.61 Å². The first-order chi connectivity index (χ1) is 16.0. The van der Waals surface area contributed by atoms with E-state index in [0.717, 1.165) is 22.3 Å². The average Bonchev–Trinajstić information content (AvgIpc) is 3.31. The Morgan fingerprint density at radius 1 is 0.939 bits per heavy atom. The van der Waals surface area contributed by atoms with Crippen molar-refractivity contribution < 1.29 is 14.3 Å². The highest BCUT2D eigenvalue weighted by atomic mass is 16.5. The molecule has 2 aliphatic heterocycles. The second kappa shape index (κ2) is 13.7. The van der Waals surface area contributed by atoms with Crippen LogP contribution >= 0.6 is 0 Å². The molecule has 174 valence electrons. The lowest BCUT2D eigenvalue weighted by atomic mass is 10.0. The van der Waals surface area contributed by atoms with E-state index in [0.29, 0.717) is 30.8 Å². The molecular weight excluding hydrogens is 414 g/mol. The Labute approximate surface area is 197 Å². The molecule has 0 fully saturated rings. The number of carbonyl (C=O) groups is 2. The molecule has 0 aliphatic carbocycles. The van der Waals surface area contributed by atoms with Gasteiger partial charge in [-0.05, 0) is 35.4 Å². The van der Waals surface area contributed by atoms with Gasteiger partial charge in [-0.2, -0.15) is 5.26 Å². The molecule has 0 N–H and O–H groups in total. The Kier molecular flexibility index (Phi) is 11.4. The first-order valence-electron chi connectivity index (χ1n) is 11.1. The molecule has 0 saturated carbocycles. The second-order valence-corrected chi connectivity index (χ2v) is 6.88. The maximum absolute atomic E-state index is 11.6. The van der Waals surface area contributed by atoms with Gasteiger partial charge in [0.25, 0.3) is 11.8 Å². The summed E-state index contributed by atoms with van der Waals surface area (Å²) in [5, 5.41) is 8.79. The molecule has 2 aromatic rings. The van der Waals surface area contributed by atoms with E-state index in [9.17, 15) is 9.59 Å². The zero-order valence-corrected chi connectivity index (χ0v) is 20.7. The van der Waals surface area contributed by atoms with Gasteiger partial charge in [0, 0.05) is 45.4 Å². The van der Waals surface area contributed by atoms with Crippen LogP contribution in [0.25, 0.3) is 0 Å². The van der Waals surface area contributed by atoms with Crippen molar-refractivity contribution in [3.05, 3.63) is 69.8 Å². The number of methoxy groups -OCH3 is 1. The number of ether oxygens (including phenoxy) is 1. The van der Waals surface area contributed by atoms with Crippen molar-refractivity contribution in [2.24, 2.45) is 0 Å². The number of fused-ring (bicyclic) bond motifs is 2. The summed E-state index contributed by atoms with van der Waals surface area (Å²) in [6.07, 6.45) is 0. The Hall–Kier alpha value is -3.61. The molecule has 2 amide bonds. The lowest BCUT2D eigenvalue weighted by molar-refractivity contribution is 0.0809. The monoisotopic (exact) mass is 447 g/mol. The van der Waals surface area contributed by atoms with E-state index in [-0.39, 0.29) is 11.8 Å². The molecule has 0 unspecified atom stereocenters. The predicted molar refractivity (Wildman–Crippen MR) is 131 cm³/mol. The molecule has 0 bridgehead atoms. The van der Waals surface area contributed by atoms with Gasteiger partial charge in [0.2, 0.25) is 0 Å². The lowest BCUT2D eigenvalue weighted by Gasteiger charge is -2.04. The van der Waals surface area contributed by atoms with Gasteiger partial charge in [0.05, 0.1) is 17.2 Å². The standard InChI is InChI=1S/C13H13NO2.C10H8N2O.2C2H6/c1-14-9-11-8-10(4-3-7-16-2)5-6-12(11)13(14)15;1-12-6-8-4-2-3-7(5-11)9(8)10(12)13;2*1-2/h5-6,8H,7,9H2,1-2H3;2-4H,6H2,1H3;2*1-2H3. The van der Waals surface area contributed by atoms with Crippen molar-refractivity contribution >= 4 is 11.8 Å². The highest BCUT2D eigenvalue weighted by Gasteiger charge is 2.26. The SMILES string of the molecule is CC.CC.CN1Cc2cccc(C#N)c2C1=O.COCC#Cc1ccc2c(c1)CN(C)C2=O. The number of nitrogens with zero attached hydrogens (tertiary/aromatic N) is 3. The van der Waals surface area contributed by atoms with Crippen molar-refractivity contribution in [2.75, 3.05) is 27.8 Å². The third-order valence-electron chi connectivity index (χ3n) is 4.78. The summed E-state index contributed by atoms with van der Waals surface area (Å²) in [6, 6.07) is 13.1. The molecule has 0 radical (unpaired) electrons. The molecule has 0 spiro atoms. The Balaban J connectivity index is 0.000000291. The predicted octanol–water partition coefficient (Wildman–Crippen LogP) is 4.47. The molecule has 0 aromatic heterocycles. The molecule has 4 rings (SSSR count). The number of hydrogen-bond donors (Lipinski definition) is 0. The van der Waals surface area contributed by atoms with Gasteiger partial charge in [-0.25, -0.2) is 0 Å². The number of benzene rings is 2. The van der Waals surface area contributed by atoms with Crippen LogP contribution in [0.5, 0.6) is 0 Å². The van der Waals surface area contributed by atoms with Crippen LogP contribution < -0.4 is 0 Å². The summed E-state index contributed by atoms with van der Waals surface area (Å²) in [5.41, 5.74) is 4.78. The molecule has 6 heteroatoms. The maximum atomic E-state index is 11.6. The minimum atomic E-state index is -0.0489. The summed E-state index contributed by atoms with van der Waals surface area (Å²) >= 11 is 0. The van der Waals surface area contributed by atoms with Gasteiger partial charge >= 0.3 is 0 Å². The van der Waals surface area contributed by atoms with Gasteiger partial charge in [-0.1, -0.05) is 51.7 Å². The topological polar surface area (TPSA) is 73.6 Å². The van der Waals surface area contributed by atoms with Gasteiger partial charge in [-0.15, -0.1) is 0 Å². The summed E-state index contributed by atoms with van der Waals surface area (Å²) in [4.78, 5) is 26.5. The van der Waals surface area contributed by atoms with Crippen LogP contribution in [0.4, 0.5) is 0 Å². The van der Waals surface area contributed by atoms with Crippen molar-refractivity contribution in [3.8, 4) is 17.9 Å². The third kappa shape index (κ3) is 6.68. The number of hydrogen-bond acceptors (Lipinski definition) is 4. The summed E-state index contributed by atoms with van der Waals surface area (Å²) in [7, 11) is 5.16. The Bertz CT molecular complexity index is 1070. The molecular formula is C27H33N3O3. The molecule has 2 heterocycles. The smallest absolute Gasteiger partial charge is 0.255 e. The molecule has 33 heavy (non-hydrogen) atoms. The van der Waals surface area contributed by atoms with Crippen molar-refractivity contribution in [3.63, 3.8) is 0 Å². The number of rotatable bonds is 1. The number of nitriles is 1.